The number of halogens is 2. The van der Waals surface area contributed by atoms with Gasteiger partial charge in [0, 0.05) is 5.02 Å². The third-order valence-corrected chi connectivity index (χ3v) is 6.06. The standard InChI is InChI=1S/C27H22Cl2N2O5/c1-15-5-4-6-17(9-15)14-36-24-21(29)11-18(12-23(24)35-3)10-20-25(32)30-27(34)31(26(20)33)22-13-19(28)8-7-16(22)2/h4-13H,14H2,1-3H3,(H,30,32,34)/b20-10+. The molecule has 4 amide bonds. The summed E-state index contributed by atoms with van der Waals surface area (Å²) >= 11 is 12.6. The average molecular weight is 525 g/mol. The summed E-state index contributed by atoms with van der Waals surface area (Å²) < 4.78 is 11.4. The van der Waals surface area contributed by atoms with Gasteiger partial charge in [-0.3, -0.25) is 14.9 Å². The van der Waals surface area contributed by atoms with E-state index < -0.39 is 17.8 Å². The number of hydrogen-bond acceptors (Lipinski definition) is 5. The fourth-order valence-electron chi connectivity index (χ4n) is 3.79. The summed E-state index contributed by atoms with van der Waals surface area (Å²) in [5, 5.41) is 2.78. The highest BCUT2D eigenvalue weighted by atomic mass is 35.5. The summed E-state index contributed by atoms with van der Waals surface area (Å²) in [7, 11) is 1.46. The maximum Gasteiger partial charge on any atom is 0.335 e. The normalized spacial score (nSPS) is 14.8. The summed E-state index contributed by atoms with van der Waals surface area (Å²) in [6.45, 7) is 3.99. The number of imide groups is 2. The Hall–Kier alpha value is -3.81. The van der Waals surface area contributed by atoms with Crippen molar-refractivity contribution in [1.29, 1.82) is 0 Å². The van der Waals surface area contributed by atoms with Crippen molar-refractivity contribution < 1.29 is 23.9 Å². The van der Waals surface area contributed by atoms with Gasteiger partial charge in [0.2, 0.25) is 0 Å². The van der Waals surface area contributed by atoms with Crippen LogP contribution in [0.2, 0.25) is 10.0 Å². The first kappa shape index (κ1) is 25.3. The summed E-state index contributed by atoms with van der Waals surface area (Å²) in [4.78, 5) is 39.2. The van der Waals surface area contributed by atoms with E-state index in [9.17, 15) is 14.4 Å². The number of methoxy groups -OCH3 is 1. The zero-order valence-corrected chi connectivity index (χ0v) is 21.2. The molecule has 0 aromatic heterocycles. The average Bonchev–Trinajstić information content (AvgIpc) is 2.83. The van der Waals surface area contributed by atoms with Crippen LogP contribution in [0.4, 0.5) is 10.5 Å². The van der Waals surface area contributed by atoms with E-state index in [-0.39, 0.29) is 22.9 Å². The summed E-state index contributed by atoms with van der Waals surface area (Å²) in [6, 6.07) is 15.0. The van der Waals surface area contributed by atoms with Crippen LogP contribution in [0.25, 0.3) is 6.08 Å². The number of aryl methyl sites for hydroxylation is 2. The molecule has 0 bridgehead atoms. The fraction of sp³-hybridized carbons (Fsp3) is 0.148. The SMILES string of the molecule is COc1cc(/C=C2\C(=O)NC(=O)N(c3cc(Cl)ccc3C)C2=O)cc(Cl)c1OCc1cccc(C)c1. The predicted octanol–water partition coefficient (Wildman–Crippen LogP) is 5.86. The van der Waals surface area contributed by atoms with E-state index in [1.165, 1.54) is 19.3 Å². The number of nitrogens with one attached hydrogen (secondary N) is 1. The van der Waals surface area contributed by atoms with Gasteiger partial charge in [0.05, 0.1) is 17.8 Å². The Morgan fingerprint density at radius 2 is 1.78 bits per heavy atom. The molecule has 0 atom stereocenters. The Kier molecular flexibility index (Phi) is 7.33. The molecule has 7 nitrogen and oxygen atoms in total. The Morgan fingerprint density at radius 1 is 1.00 bits per heavy atom. The van der Waals surface area contributed by atoms with Crippen LogP contribution in [0.3, 0.4) is 0 Å². The zero-order valence-electron chi connectivity index (χ0n) is 19.7. The maximum atomic E-state index is 13.3. The molecule has 36 heavy (non-hydrogen) atoms. The molecule has 0 spiro atoms. The second-order valence-corrected chi connectivity index (χ2v) is 9.04. The van der Waals surface area contributed by atoms with Crippen molar-refractivity contribution in [3.05, 3.63) is 92.5 Å². The predicted molar refractivity (Wildman–Crippen MR) is 139 cm³/mol. The molecule has 1 fully saturated rings. The number of carbonyl (C=O) groups is 3. The van der Waals surface area contributed by atoms with Crippen LogP contribution in [-0.4, -0.2) is 25.0 Å². The van der Waals surface area contributed by atoms with Crippen LogP contribution in [0.15, 0.2) is 60.2 Å². The maximum absolute atomic E-state index is 13.3. The van der Waals surface area contributed by atoms with Crippen molar-refractivity contribution in [2.24, 2.45) is 0 Å². The van der Waals surface area contributed by atoms with E-state index in [4.69, 9.17) is 32.7 Å². The van der Waals surface area contributed by atoms with E-state index in [0.717, 1.165) is 16.0 Å². The van der Waals surface area contributed by atoms with Crippen LogP contribution < -0.4 is 19.7 Å². The van der Waals surface area contributed by atoms with Crippen LogP contribution >= 0.6 is 23.2 Å². The number of carbonyl (C=O) groups excluding carboxylic acids is 3. The highest BCUT2D eigenvalue weighted by molar-refractivity contribution is 6.40. The van der Waals surface area contributed by atoms with Crippen molar-refractivity contribution in [3.8, 4) is 11.5 Å². The van der Waals surface area contributed by atoms with Crippen molar-refractivity contribution in [2.45, 2.75) is 20.5 Å². The minimum Gasteiger partial charge on any atom is -0.493 e. The molecule has 4 rings (SSSR count). The fourth-order valence-corrected chi connectivity index (χ4v) is 4.23. The number of rotatable bonds is 6. The molecule has 0 radical (unpaired) electrons. The molecule has 0 saturated carbocycles. The molecule has 0 unspecified atom stereocenters. The summed E-state index contributed by atoms with van der Waals surface area (Å²) in [6.07, 6.45) is 1.34. The van der Waals surface area contributed by atoms with Crippen molar-refractivity contribution >= 4 is 52.8 Å². The smallest absolute Gasteiger partial charge is 0.335 e. The monoisotopic (exact) mass is 524 g/mol. The van der Waals surface area contributed by atoms with Crippen LogP contribution in [0.5, 0.6) is 11.5 Å². The molecule has 9 heteroatoms. The van der Waals surface area contributed by atoms with Gasteiger partial charge < -0.3 is 9.47 Å². The third-order valence-electron chi connectivity index (χ3n) is 5.54. The van der Waals surface area contributed by atoms with Gasteiger partial charge in [0.1, 0.15) is 12.2 Å². The van der Waals surface area contributed by atoms with Gasteiger partial charge in [-0.2, -0.15) is 0 Å². The number of barbiturate groups is 1. The van der Waals surface area contributed by atoms with Gasteiger partial charge >= 0.3 is 6.03 Å². The van der Waals surface area contributed by atoms with Crippen LogP contribution in [0.1, 0.15) is 22.3 Å². The molecule has 3 aromatic carbocycles. The lowest BCUT2D eigenvalue weighted by Crippen LogP contribution is -2.54. The van der Waals surface area contributed by atoms with Gasteiger partial charge in [0.25, 0.3) is 11.8 Å². The molecule has 1 heterocycles. The summed E-state index contributed by atoms with van der Waals surface area (Å²) in [5.74, 6) is -0.960. The van der Waals surface area contributed by atoms with Gasteiger partial charge in [-0.15, -0.1) is 0 Å². The van der Waals surface area contributed by atoms with Gasteiger partial charge in [-0.1, -0.05) is 59.1 Å². The molecule has 3 aromatic rings. The number of benzene rings is 3. The number of ether oxygens (including phenoxy) is 2. The van der Waals surface area contributed by atoms with Crippen LogP contribution in [-0.2, 0) is 16.2 Å². The van der Waals surface area contributed by atoms with E-state index in [0.29, 0.717) is 27.6 Å². The lowest BCUT2D eigenvalue weighted by atomic mass is 10.1. The lowest BCUT2D eigenvalue weighted by Gasteiger charge is -2.27. The Labute approximate surface area is 218 Å². The van der Waals surface area contributed by atoms with Gasteiger partial charge in [-0.25, -0.2) is 9.69 Å². The molecule has 1 aliphatic heterocycles. The molecule has 184 valence electrons. The minimum absolute atomic E-state index is 0.233. The molecule has 1 saturated heterocycles. The van der Waals surface area contributed by atoms with Crippen molar-refractivity contribution in [1.82, 2.24) is 5.32 Å². The zero-order chi connectivity index (χ0) is 26.0. The first-order valence-electron chi connectivity index (χ1n) is 10.9. The van der Waals surface area contributed by atoms with E-state index in [1.54, 1.807) is 31.2 Å². The van der Waals surface area contributed by atoms with E-state index in [1.807, 2.05) is 31.2 Å². The minimum atomic E-state index is -0.858. The molecular weight excluding hydrogens is 503 g/mol. The number of anilines is 1. The number of nitrogens with zero attached hydrogens (tertiary/aromatic N) is 1. The number of urea groups is 1. The largest absolute Gasteiger partial charge is 0.493 e. The van der Waals surface area contributed by atoms with Crippen molar-refractivity contribution in [3.63, 3.8) is 0 Å². The Morgan fingerprint density at radius 3 is 2.50 bits per heavy atom. The summed E-state index contributed by atoms with van der Waals surface area (Å²) in [5.41, 5.74) is 3.14. The molecule has 0 aliphatic carbocycles. The molecule has 1 N–H and O–H groups in total. The molecule has 1 aliphatic rings. The number of amides is 4. The Balaban J connectivity index is 1.66. The Bertz CT molecular complexity index is 1420. The quantitative estimate of drug-likeness (QED) is 0.322. The number of hydrogen-bond donors (Lipinski definition) is 1. The second-order valence-electron chi connectivity index (χ2n) is 8.20. The topological polar surface area (TPSA) is 84.9 Å². The van der Waals surface area contributed by atoms with Gasteiger partial charge in [-0.05, 0) is 60.9 Å². The third kappa shape index (κ3) is 5.22. The molecular formula is C27H22Cl2N2O5. The van der Waals surface area contributed by atoms with E-state index >= 15 is 0 Å². The first-order chi connectivity index (χ1) is 17.2. The highest BCUT2D eigenvalue weighted by Gasteiger charge is 2.37. The van der Waals surface area contributed by atoms with Crippen LogP contribution in [0, 0.1) is 13.8 Å². The van der Waals surface area contributed by atoms with Crippen molar-refractivity contribution in [2.75, 3.05) is 12.0 Å². The second kappa shape index (κ2) is 10.4. The highest BCUT2D eigenvalue weighted by Crippen LogP contribution is 2.38. The van der Waals surface area contributed by atoms with E-state index in [2.05, 4.69) is 5.32 Å². The lowest BCUT2D eigenvalue weighted by molar-refractivity contribution is -0.122. The van der Waals surface area contributed by atoms with Gasteiger partial charge in [0.15, 0.2) is 11.5 Å². The first-order valence-corrected chi connectivity index (χ1v) is 11.7.